The predicted molar refractivity (Wildman–Crippen MR) is 74.2 cm³/mol. The second-order valence-corrected chi connectivity index (χ2v) is 3.94. The highest BCUT2D eigenvalue weighted by molar-refractivity contribution is 6.43. The van der Waals surface area contributed by atoms with Crippen LogP contribution >= 0.6 is 0 Å². The molecule has 20 heavy (non-hydrogen) atoms. The maximum absolute atomic E-state index is 11.8. The Morgan fingerprint density at radius 3 is 2.30 bits per heavy atom. The van der Waals surface area contributed by atoms with Gasteiger partial charge in [-0.3, -0.25) is 10.2 Å². The van der Waals surface area contributed by atoms with Crippen LogP contribution in [0.25, 0.3) is 0 Å². The Balaban J connectivity index is 2.68. The van der Waals surface area contributed by atoms with Gasteiger partial charge in [0.1, 0.15) is 5.75 Å². The number of benzene rings is 1. The molecule has 0 atom stereocenters. The highest BCUT2D eigenvalue weighted by atomic mass is 16.5. The summed E-state index contributed by atoms with van der Waals surface area (Å²) in [6.45, 7) is 1.02. The highest BCUT2D eigenvalue weighted by Gasteiger charge is 2.04. The molecule has 0 aliphatic heterocycles. The van der Waals surface area contributed by atoms with Crippen molar-refractivity contribution >= 4 is 23.2 Å². The molecule has 1 aromatic carbocycles. The third-order valence-electron chi connectivity index (χ3n) is 2.31. The minimum atomic E-state index is -1.08. The first-order chi connectivity index (χ1) is 9.40. The first-order valence-corrected chi connectivity index (χ1v) is 5.71. The van der Waals surface area contributed by atoms with Crippen molar-refractivity contribution in [1.82, 2.24) is 0 Å². The smallest absolute Gasteiger partial charge is 0.341 e. The van der Waals surface area contributed by atoms with Crippen LogP contribution in [0.4, 0.5) is 0 Å². The van der Waals surface area contributed by atoms with Crippen molar-refractivity contribution in [3.05, 3.63) is 42.0 Å². The Morgan fingerprint density at radius 1 is 1.20 bits per heavy atom. The lowest BCUT2D eigenvalue weighted by Crippen LogP contribution is -2.09. The lowest BCUT2D eigenvalue weighted by Gasteiger charge is -2.03. The van der Waals surface area contributed by atoms with Crippen LogP contribution in [-0.4, -0.2) is 34.9 Å². The SMILES string of the molecule is CC(=N)C(=N)/C=C/C(=O)c1ccc(OCC(=O)O)cc1. The fourth-order valence-corrected chi connectivity index (χ4v) is 1.24. The van der Waals surface area contributed by atoms with Gasteiger partial charge in [0.2, 0.25) is 0 Å². The number of hydrogen-bond acceptors (Lipinski definition) is 5. The number of carbonyl (C=O) groups is 2. The van der Waals surface area contributed by atoms with Gasteiger partial charge >= 0.3 is 5.97 Å². The number of ether oxygens (including phenoxy) is 1. The lowest BCUT2D eigenvalue weighted by atomic mass is 10.1. The molecule has 6 heteroatoms. The van der Waals surface area contributed by atoms with Gasteiger partial charge in [0.05, 0.1) is 11.4 Å². The summed E-state index contributed by atoms with van der Waals surface area (Å²) in [5, 5.41) is 23.1. The van der Waals surface area contributed by atoms with E-state index in [9.17, 15) is 9.59 Å². The predicted octanol–water partition coefficient (Wildman–Crippen LogP) is 1.95. The van der Waals surface area contributed by atoms with E-state index in [0.29, 0.717) is 11.3 Å². The fraction of sp³-hybridized carbons (Fsp3) is 0.143. The van der Waals surface area contributed by atoms with Gasteiger partial charge in [-0.2, -0.15) is 0 Å². The van der Waals surface area contributed by atoms with E-state index in [1.165, 1.54) is 43.3 Å². The van der Waals surface area contributed by atoms with Crippen molar-refractivity contribution in [3.63, 3.8) is 0 Å². The Labute approximate surface area is 115 Å². The van der Waals surface area contributed by atoms with Gasteiger partial charge in [-0.1, -0.05) is 0 Å². The van der Waals surface area contributed by atoms with Crippen molar-refractivity contribution in [2.45, 2.75) is 6.92 Å². The average molecular weight is 274 g/mol. The number of carboxylic acids is 1. The molecule has 0 aliphatic rings. The van der Waals surface area contributed by atoms with Crippen LogP contribution in [-0.2, 0) is 4.79 Å². The largest absolute Gasteiger partial charge is 0.482 e. The number of hydrogen-bond donors (Lipinski definition) is 3. The van der Waals surface area contributed by atoms with E-state index in [-0.39, 0.29) is 17.2 Å². The Bertz CT molecular complexity index is 573. The number of nitrogens with one attached hydrogen (secondary N) is 2. The van der Waals surface area contributed by atoms with E-state index >= 15 is 0 Å². The number of ketones is 1. The quantitative estimate of drug-likeness (QED) is 0.401. The van der Waals surface area contributed by atoms with Gasteiger partial charge < -0.3 is 15.3 Å². The normalized spacial score (nSPS) is 10.2. The first-order valence-electron chi connectivity index (χ1n) is 5.71. The monoisotopic (exact) mass is 274 g/mol. The molecule has 0 unspecified atom stereocenters. The molecule has 0 saturated carbocycles. The van der Waals surface area contributed by atoms with Crippen LogP contribution in [0.3, 0.4) is 0 Å². The van der Waals surface area contributed by atoms with E-state index < -0.39 is 12.6 Å². The summed E-state index contributed by atoms with van der Waals surface area (Å²) in [6, 6.07) is 6.00. The van der Waals surface area contributed by atoms with E-state index in [0.717, 1.165) is 0 Å². The Morgan fingerprint density at radius 2 is 1.80 bits per heavy atom. The number of aliphatic carboxylic acids is 1. The first kappa shape index (κ1) is 15.3. The van der Waals surface area contributed by atoms with Gasteiger partial charge in [0.15, 0.2) is 12.4 Å². The molecule has 1 rings (SSSR count). The number of allylic oxidation sites excluding steroid dienone is 2. The van der Waals surface area contributed by atoms with Crippen molar-refractivity contribution in [2.75, 3.05) is 6.61 Å². The molecule has 0 spiro atoms. The second kappa shape index (κ2) is 6.98. The van der Waals surface area contributed by atoms with Crippen molar-refractivity contribution in [3.8, 4) is 5.75 Å². The summed E-state index contributed by atoms with van der Waals surface area (Å²) in [5.41, 5.74) is 0.436. The van der Waals surface area contributed by atoms with Gasteiger partial charge in [0.25, 0.3) is 0 Å². The van der Waals surface area contributed by atoms with Crippen LogP contribution in [0.1, 0.15) is 17.3 Å². The zero-order chi connectivity index (χ0) is 15.1. The minimum Gasteiger partial charge on any atom is -0.482 e. The van der Waals surface area contributed by atoms with Crippen molar-refractivity contribution in [1.29, 1.82) is 10.8 Å². The summed E-state index contributed by atoms with van der Waals surface area (Å²) >= 11 is 0. The third kappa shape index (κ3) is 4.85. The van der Waals surface area contributed by atoms with Gasteiger partial charge in [-0.05, 0) is 43.3 Å². The van der Waals surface area contributed by atoms with Crippen molar-refractivity contribution < 1.29 is 19.4 Å². The lowest BCUT2D eigenvalue weighted by molar-refractivity contribution is -0.139. The van der Waals surface area contributed by atoms with E-state index in [1.807, 2.05) is 0 Å². The molecule has 0 bridgehead atoms. The molecule has 0 aromatic heterocycles. The summed E-state index contributed by atoms with van der Waals surface area (Å²) in [7, 11) is 0. The molecule has 1 aromatic rings. The molecular weight excluding hydrogens is 260 g/mol. The van der Waals surface area contributed by atoms with Crippen LogP contribution in [0.2, 0.25) is 0 Å². The maximum Gasteiger partial charge on any atom is 0.341 e. The van der Waals surface area contributed by atoms with Crippen LogP contribution in [0, 0.1) is 10.8 Å². The zero-order valence-electron chi connectivity index (χ0n) is 10.8. The van der Waals surface area contributed by atoms with Gasteiger partial charge in [0, 0.05) is 5.56 Å². The number of carbonyl (C=O) groups excluding carboxylic acids is 1. The molecule has 0 heterocycles. The molecule has 0 amide bonds. The minimum absolute atomic E-state index is 0.0280. The Kier molecular flexibility index (Phi) is 5.34. The fourth-order valence-electron chi connectivity index (χ4n) is 1.24. The molecule has 0 fully saturated rings. The van der Waals surface area contributed by atoms with Gasteiger partial charge in [-0.25, -0.2) is 4.79 Å². The molecular formula is C14H14N2O4. The topological polar surface area (TPSA) is 111 Å². The van der Waals surface area contributed by atoms with Crippen LogP contribution in [0.15, 0.2) is 36.4 Å². The van der Waals surface area contributed by atoms with E-state index in [1.54, 1.807) is 0 Å². The summed E-state index contributed by atoms with van der Waals surface area (Å²) < 4.78 is 4.94. The summed E-state index contributed by atoms with van der Waals surface area (Å²) in [4.78, 5) is 22.1. The molecule has 3 N–H and O–H groups in total. The molecule has 0 radical (unpaired) electrons. The van der Waals surface area contributed by atoms with Crippen LogP contribution in [0.5, 0.6) is 5.75 Å². The molecule has 6 nitrogen and oxygen atoms in total. The number of carboxylic acid groups (broad SMARTS) is 1. The zero-order valence-corrected chi connectivity index (χ0v) is 10.8. The summed E-state index contributed by atoms with van der Waals surface area (Å²) in [6.07, 6.45) is 2.48. The Hall–Kier alpha value is -2.76. The van der Waals surface area contributed by atoms with Gasteiger partial charge in [-0.15, -0.1) is 0 Å². The molecule has 0 saturated heterocycles. The second-order valence-electron chi connectivity index (χ2n) is 3.94. The molecule has 104 valence electrons. The van der Waals surface area contributed by atoms with E-state index in [4.69, 9.17) is 20.7 Å². The summed E-state index contributed by atoms with van der Waals surface area (Å²) in [5.74, 6) is -1.02. The molecule has 0 aliphatic carbocycles. The number of rotatable bonds is 7. The average Bonchev–Trinajstić information content (AvgIpc) is 2.42. The maximum atomic E-state index is 11.8. The van der Waals surface area contributed by atoms with Crippen molar-refractivity contribution in [2.24, 2.45) is 0 Å². The van der Waals surface area contributed by atoms with Crippen LogP contribution < -0.4 is 4.74 Å². The van der Waals surface area contributed by atoms with E-state index in [2.05, 4.69) is 0 Å². The third-order valence-corrected chi connectivity index (χ3v) is 2.31. The highest BCUT2D eigenvalue weighted by Crippen LogP contribution is 2.12. The standard InChI is InChI=1S/C14H14N2O4/c1-9(15)12(16)6-7-13(17)10-2-4-11(5-3-10)20-8-14(18)19/h2-7,15-16H,8H2,1H3,(H,18,19)/b7-6+,15-9?,16-12?.